The molecule has 4 heterocycles. The van der Waals surface area contributed by atoms with E-state index in [1.165, 1.54) is 6.07 Å². The van der Waals surface area contributed by atoms with Gasteiger partial charge in [-0.25, -0.2) is 9.98 Å². The molecule has 0 bridgehead atoms. The Kier molecular flexibility index (Phi) is 4.83. The molecule has 2 N–H and O–H groups in total. The van der Waals surface area contributed by atoms with Crippen molar-refractivity contribution in [3.8, 4) is 17.4 Å². The summed E-state index contributed by atoms with van der Waals surface area (Å²) in [4.78, 5) is 10.9. The first-order valence-electron chi connectivity index (χ1n) is 9.73. The summed E-state index contributed by atoms with van der Waals surface area (Å²) in [5, 5.41) is 0. The number of rotatable bonds is 3. The van der Waals surface area contributed by atoms with Crippen LogP contribution in [-0.2, 0) is 25.1 Å². The highest BCUT2D eigenvalue weighted by atomic mass is 32.2. The number of nitrogens with zero attached hydrogens (tertiary/aromatic N) is 3. The number of morpholine rings is 1. The van der Waals surface area contributed by atoms with Gasteiger partial charge < -0.3 is 29.0 Å². The van der Waals surface area contributed by atoms with Crippen LogP contribution in [0.15, 0.2) is 35.5 Å². The first kappa shape index (κ1) is 21.6. The van der Waals surface area contributed by atoms with Crippen molar-refractivity contribution >= 4 is 21.8 Å². The number of hydrogen-bond acceptors (Lipinski definition) is 10. The van der Waals surface area contributed by atoms with Crippen molar-refractivity contribution in [2.45, 2.75) is 11.0 Å². The number of aliphatic imine (C=N–C) groups is 1. The maximum Gasteiger partial charge on any atom is 0.534 e. The zero-order valence-electron chi connectivity index (χ0n) is 16.8. The van der Waals surface area contributed by atoms with E-state index in [-0.39, 0.29) is 29.8 Å². The molecule has 1 fully saturated rings. The standard InChI is InChI=1S/C19H17F3N4O6S/c20-19(21,22)33(27,28)32-12-1-2-15-13(8-12)18(10-30-17(23)25-18)14-7-11(9-24-16(14)31-15)26-3-5-29-6-4-26/h1-2,7-9H,3-6,10H2,(H2,23,25)/t18-/m0/s1. The Hall–Kier alpha value is -3.26. The number of nitrogens with two attached hydrogens (primary N) is 1. The molecule has 0 aliphatic carbocycles. The lowest BCUT2D eigenvalue weighted by Gasteiger charge is -2.34. The number of pyridine rings is 1. The number of hydrogen-bond donors (Lipinski definition) is 1. The van der Waals surface area contributed by atoms with Gasteiger partial charge in [-0.3, -0.25) is 0 Å². The topological polar surface area (TPSA) is 126 Å². The van der Waals surface area contributed by atoms with Crippen molar-refractivity contribution in [1.82, 2.24) is 4.98 Å². The molecule has 1 aromatic carbocycles. The van der Waals surface area contributed by atoms with Crippen LogP contribution in [0.2, 0.25) is 0 Å². The highest BCUT2D eigenvalue weighted by molar-refractivity contribution is 7.88. The predicted octanol–water partition coefficient (Wildman–Crippen LogP) is 1.84. The van der Waals surface area contributed by atoms with E-state index in [9.17, 15) is 21.6 Å². The average molecular weight is 486 g/mol. The second-order valence-corrected chi connectivity index (χ2v) is 9.03. The van der Waals surface area contributed by atoms with Crippen molar-refractivity contribution in [3.05, 3.63) is 41.6 Å². The second kappa shape index (κ2) is 7.38. The number of aromatic nitrogens is 1. The average Bonchev–Trinajstić information content (AvgIpc) is 3.16. The molecule has 176 valence electrons. The van der Waals surface area contributed by atoms with Gasteiger partial charge in [-0.2, -0.15) is 21.6 Å². The van der Waals surface area contributed by atoms with Crippen LogP contribution >= 0.6 is 0 Å². The number of halogens is 3. The molecule has 3 aliphatic heterocycles. The van der Waals surface area contributed by atoms with Crippen molar-refractivity contribution in [3.63, 3.8) is 0 Å². The summed E-state index contributed by atoms with van der Waals surface area (Å²) in [6.45, 7) is 2.28. The van der Waals surface area contributed by atoms with E-state index in [1.807, 2.05) is 0 Å². The molecule has 2 aromatic rings. The smallest absolute Gasteiger partial charge is 0.462 e. The molecule has 0 radical (unpaired) electrons. The molecule has 1 saturated heterocycles. The summed E-state index contributed by atoms with van der Waals surface area (Å²) >= 11 is 0. The molecule has 0 amide bonds. The van der Waals surface area contributed by atoms with E-state index < -0.39 is 26.9 Å². The number of alkyl halides is 3. The third kappa shape index (κ3) is 3.58. The van der Waals surface area contributed by atoms with Crippen LogP contribution in [0.5, 0.6) is 17.4 Å². The van der Waals surface area contributed by atoms with Gasteiger partial charge in [-0.15, -0.1) is 0 Å². The monoisotopic (exact) mass is 486 g/mol. The van der Waals surface area contributed by atoms with Gasteiger partial charge in [0.05, 0.1) is 30.7 Å². The number of ether oxygens (including phenoxy) is 3. The van der Waals surface area contributed by atoms with Gasteiger partial charge in [-0.05, 0) is 24.3 Å². The van der Waals surface area contributed by atoms with Crippen LogP contribution in [0.25, 0.3) is 0 Å². The molecule has 5 rings (SSSR count). The molecule has 1 atom stereocenters. The summed E-state index contributed by atoms with van der Waals surface area (Å²) in [6, 6.07) is 5.10. The Morgan fingerprint density at radius 2 is 1.91 bits per heavy atom. The van der Waals surface area contributed by atoms with Crippen LogP contribution in [0.3, 0.4) is 0 Å². The minimum absolute atomic E-state index is 0.0914. The van der Waals surface area contributed by atoms with Crippen molar-refractivity contribution in [1.29, 1.82) is 0 Å². The van der Waals surface area contributed by atoms with E-state index in [0.29, 0.717) is 31.9 Å². The molecule has 14 heteroatoms. The quantitative estimate of drug-likeness (QED) is 0.511. The molecule has 0 saturated carbocycles. The summed E-state index contributed by atoms with van der Waals surface area (Å²) in [5.41, 5.74) is 0.353. The van der Waals surface area contributed by atoms with E-state index >= 15 is 0 Å². The summed E-state index contributed by atoms with van der Waals surface area (Å²) in [5.74, 6) is -0.137. The van der Waals surface area contributed by atoms with Gasteiger partial charge in [0.25, 0.3) is 6.02 Å². The molecule has 1 aromatic heterocycles. The van der Waals surface area contributed by atoms with Crippen molar-refractivity contribution < 1.29 is 40.0 Å². The maximum atomic E-state index is 12.8. The lowest BCUT2D eigenvalue weighted by molar-refractivity contribution is -0.0500. The first-order valence-corrected chi connectivity index (χ1v) is 11.1. The van der Waals surface area contributed by atoms with Gasteiger partial charge in [-0.1, -0.05) is 0 Å². The highest BCUT2D eigenvalue weighted by Crippen LogP contribution is 2.51. The SMILES string of the molecule is NC1=N[C@@]2(CO1)c1cc(OS(=O)(=O)C(F)(F)F)ccc1Oc1ncc(N3CCOCC3)cc12. The van der Waals surface area contributed by atoms with Gasteiger partial charge in [0, 0.05) is 18.7 Å². The Balaban J connectivity index is 1.61. The first-order chi connectivity index (χ1) is 15.6. The molecule has 1 spiro atoms. The molecule has 3 aliphatic rings. The molecular weight excluding hydrogens is 469 g/mol. The van der Waals surface area contributed by atoms with Gasteiger partial charge in [0.15, 0.2) is 5.54 Å². The van der Waals surface area contributed by atoms with E-state index in [4.69, 9.17) is 19.9 Å². The van der Waals surface area contributed by atoms with Gasteiger partial charge in [0.2, 0.25) is 5.88 Å². The van der Waals surface area contributed by atoms with E-state index in [2.05, 4.69) is 19.1 Å². The van der Waals surface area contributed by atoms with Crippen molar-refractivity contribution in [2.24, 2.45) is 10.7 Å². The Bertz CT molecular complexity index is 1250. The van der Waals surface area contributed by atoms with E-state index in [0.717, 1.165) is 17.8 Å². The minimum atomic E-state index is -5.87. The van der Waals surface area contributed by atoms with Gasteiger partial charge in [0.1, 0.15) is 18.1 Å². The van der Waals surface area contributed by atoms with Crippen LogP contribution in [0.4, 0.5) is 18.9 Å². The Morgan fingerprint density at radius 1 is 1.15 bits per heavy atom. The number of anilines is 1. The fourth-order valence-corrected chi connectivity index (χ4v) is 4.37. The minimum Gasteiger partial charge on any atom is -0.462 e. The van der Waals surface area contributed by atoms with Gasteiger partial charge >= 0.3 is 15.6 Å². The molecule has 33 heavy (non-hydrogen) atoms. The van der Waals surface area contributed by atoms with Crippen LogP contribution < -0.4 is 19.6 Å². The largest absolute Gasteiger partial charge is 0.534 e. The molecular formula is C19H17F3N4O6S. The zero-order chi connectivity index (χ0) is 23.4. The van der Waals surface area contributed by atoms with Crippen LogP contribution in [-0.4, -0.2) is 57.8 Å². The Morgan fingerprint density at radius 3 is 2.58 bits per heavy atom. The van der Waals surface area contributed by atoms with Crippen LogP contribution in [0.1, 0.15) is 11.1 Å². The Labute approximate surface area is 185 Å². The predicted molar refractivity (Wildman–Crippen MR) is 108 cm³/mol. The fourth-order valence-electron chi connectivity index (χ4n) is 3.92. The maximum absolute atomic E-state index is 12.8. The second-order valence-electron chi connectivity index (χ2n) is 7.49. The molecule has 0 unspecified atom stereocenters. The normalized spacial score (nSPS) is 22.2. The number of amidine groups is 1. The summed E-state index contributed by atoms with van der Waals surface area (Å²) in [6.07, 6.45) is 1.64. The van der Waals surface area contributed by atoms with E-state index in [1.54, 1.807) is 12.3 Å². The summed E-state index contributed by atoms with van der Waals surface area (Å²) in [7, 11) is -5.87. The number of benzene rings is 1. The lowest BCUT2D eigenvalue weighted by Crippen LogP contribution is -2.37. The van der Waals surface area contributed by atoms with Crippen LogP contribution in [0, 0.1) is 0 Å². The fraction of sp³-hybridized carbons (Fsp3) is 0.368. The zero-order valence-corrected chi connectivity index (χ0v) is 17.6. The number of fused-ring (bicyclic) bond motifs is 4. The van der Waals surface area contributed by atoms with Crippen molar-refractivity contribution in [2.75, 3.05) is 37.8 Å². The summed E-state index contributed by atoms with van der Waals surface area (Å²) < 4.78 is 82.3. The highest BCUT2D eigenvalue weighted by Gasteiger charge is 2.50. The third-order valence-electron chi connectivity index (χ3n) is 5.48. The lowest BCUT2D eigenvalue weighted by atomic mass is 9.82. The third-order valence-corrected chi connectivity index (χ3v) is 6.46. The molecule has 10 nitrogen and oxygen atoms in total.